The van der Waals surface area contributed by atoms with Crippen molar-refractivity contribution in [1.29, 1.82) is 0 Å². The lowest BCUT2D eigenvalue weighted by molar-refractivity contribution is -0.137. The lowest BCUT2D eigenvalue weighted by Gasteiger charge is -2.15. The highest BCUT2D eigenvalue weighted by Gasteiger charge is 2.30. The Morgan fingerprint density at radius 3 is 2.08 bits per heavy atom. The van der Waals surface area contributed by atoms with E-state index in [1.54, 1.807) is 13.1 Å². The first kappa shape index (κ1) is 19.6. The zero-order chi connectivity index (χ0) is 19.2. The van der Waals surface area contributed by atoms with Gasteiger partial charge >= 0.3 is 6.18 Å². The third-order valence-corrected chi connectivity index (χ3v) is 3.82. The van der Waals surface area contributed by atoms with Crippen LogP contribution in [0.5, 0.6) is 0 Å². The molecule has 0 saturated heterocycles. The highest BCUT2D eigenvalue weighted by Crippen LogP contribution is 2.29. The highest BCUT2D eigenvalue weighted by atomic mass is 19.4. The second-order valence-corrected chi connectivity index (χ2v) is 6.04. The summed E-state index contributed by atoms with van der Waals surface area (Å²) >= 11 is 0. The van der Waals surface area contributed by atoms with Crippen molar-refractivity contribution in [2.45, 2.75) is 19.3 Å². The van der Waals surface area contributed by atoms with Crippen LogP contribution in [0.2, 0.25) is 0 Å². The normalized spacial score (nSPS) is 12.0. The molecule has 0 aromatic heterocycles. The molecule has 0 spiro atoms. The van der Waals surface area contributed by atoms with Gasteiger partial charge in [0.2, 0.25) is 0 Å². The summed E-state index contributed by atoms with van der Waals surface area (Å²) in [5.41, 5.74) is 2.06. The fraction of sp³-hybridized carbons (Fsp3) is 0.316. The quantitative estimate of drug-likeness (QED) is 0.629. The molecule has 0 atom stereocenters. The van der Waals surface area contributed by atoms with E-state index in [-0.39, 0.29) is 6.54 Å². The fourth-order valence-corrected chi connectivity index (χ4v) is 2.39. The van der Waals surface area contributed by atoms with Gasteiger partial charge in [-0.05, 0) is 35.4 Å². The van der Waals surface area contributed by atoms with Crippen LogP contribution in [0.15, 0.2) is 53.5 Å². The van der Waals surface area contributed by atoms with Crippen LogP contribution in [-0.4, -0.2) is 27.1 Å². The maximum absolute atomic E-state index is 12.8. The molecule has 0 heterocycles. The van der Waals surface area contributed by atoms with E-state index in [1.807, 2.05) is 37.2 Å². The average Bonchev–Trinajstić information content (AvgIpc) is 2.61. The summed E-state index contributed by atoms with van der Waals surface area (Å²) in [6.07, 6.45) is -4.34. The second kappa shape index (κ2) is 8.60. The zero-order valence-electron chi connectivity index (χ0n) is 15.1. The van der Waals surface area contributed by atoms with Crippen molar-refractivity contribution < 1.29 is 13.2 Å². The van der Waals surface area contributed by atoms with Crippen molar-refractivity contribution in [3.05, 3.63) is 65.2 Å². The van der Waals surface area contributed by atoms with Gasteiger partial charge in [-0.1, -0.05) is 24.3 Å². The minimum atomic E-state index is -4.34. The van der Waals surface area contributed by atoms with Crippen molar-refractivity contribution in [3.8, 4) is 0 Å². The lowest BCUT2D eigenvalue weighted by atomic mass is 10.1. The van der Waals surface area contributed by atoms with Gasteiger partial charge in [0, 0.05) is 39.9 Å². The molecule has 26 heavy (non-hydrogen) atoms. The topological polar surface area (TPSA) is 39.7 Å². The zero-order valence-corrected chi connectivity index (χ0v) is 15.1. The van der Waals surface area contributed by atoms with Crippen molar-refractivity contribution in [2.24, 2.45) is 4.99 Å². The number of aliphatic imine (C=N–C) groups is 1. The summed E-state index contributed by atoms with van der Waals surface area (Å²) in [4.78, 5) is 6.13. The van der Waals surface area contributed by atoms with Gasteiger partial charge in [-0.2, -0.15) is 13.2 Å². The third-order valence-electron chi connectivity index (χ3n) is 3.82. The van der Waals surface area contributed by atoms with E-state index >= 15 is 0 Å². The number of rotatable bonds is 5. The number of hydrogen-bond acceptors (Lipinski definition) is 2. The molecule has 2 rings (SSSR count). The van der Waals surface area contributed by atoms with Crippen LogP contribution in [0.1, 0.15) is 16.7 Å². The minimum Gasteiger partial charge on any atom is -0.378 e. The number of nitrogens with zero attached hydrogens (tertiary/aromatic N) is 2. The second-order valence-electron chi connectivity index (χ2n) is 6.04. The molecule has 0 aliphatic carbocycles. The Kier molecular flexibility index (Phi) is 6.49. The molecule has 4 nitrogen and oxygen atoms in total. The molecule has 0 amide bonds. The summed E-state index contributed by atoms with van der Waals surface area (Å²) in [7, 11) is 5.57. The van der Waals surface area contributed by atoms with Crippen molar-refractivity contribution >= 4 is 11.6 Å². The van der Waals surface area contributed by atoms with E-state index < -0.39 is 11.7 Å². The van der Waals surface area contributed by atoms with Crippen LogP contribution in [0.4, 0.5) is 18.9 Å². The third kappa shape index (κ3) is 5.68. The van der Waals surface area contributed by atoms with Gasteiger partial charge in [-0.15, -0.1) is 0 Å². The van der Waals surface area contributed by atoms with E-state index in [1.165, 1.54) is 6.07 Å². The van der Waals surface area contributed by atoms with E-state index in [0.717, 1.165) is 23.4 Å². The van der Waals surface area contributed by atoms with Crippen molar-refractivity contribution in [1.82, 2.24) is 10.6 Å². The number of nitrogens with one attached hydrogen (secondary N) is 2. The number of alkyl halides is 3. The predicted octanol–water partition coefficient (Wildman–Crippen LogP) is 3.64. The first-order valence-electron chi connectivity index (χ1n) is 8.16. The number of halogens is 3. The largest absolute Gasteiger partial charge is 0.416 e. The van der Waals surface area contributed by atoms with Gasteiger partial charge in [0.25, 0.3) is 0 Å². The predicted molar refractivity (Wildman–Crippen MR) is 99.3 cm³/mol. The summed E-state index contributed by atoms with van der Waals surface area (Å²) in [6, 6.07) is 13.3. The standard InChI is InChI=1S/C19H23F3N4/c1-23-18(25-13-15-7-5-9-17(11-15)26(2)3)24-12-14-6-4-8-16(10-14)19(20,21)22/h4-11H,12-13H2,1-3H3,(H2,23,24,25). The number of hydrogen-bond donors (Lipinski definition) is 2. The molecule has 2 N–H and O–H groups in total. The Morgan fingerprint density at radius 2 is 1.54 bits per heavy atom. The average molecular weight is 364 g/mol. The molecule has 0 aliphatic rings. The monoisotopic (exact) mass is 364 g/mol. The molecule has 0 saturated carbocycles. The van der Waals surface area contributed by atoms with Crippen LogP contribution in [0, 0.1) is 0 Å². The number of guanidine groups is 1. The first-order valence-corrected chi connectivity index (χ1v) is 8.16. The van der Waals surface area contributed by atoms with Crippen LogP contribution in [-0.2, 0) is 19.3 Å². The van der Waals surface area contributed by atoms with Gasteiger partial charge in [-0.3, -0.25) is 4.99 Å². The fourth-order valence-electron chi connectivity index (χ4n) is 2.39. The first-order chi connectivity index (χ1) is 12.3. The van der Waals surface area contributed by atoms with Crippen LogP contribution in [0.3, 0.4) is 0 Å². The Labute approximate surface area is 151 Å². The van der Waals surface area contributed by atoms with Crippen molar-refractivity contribution in [2.75, 3.05) is 26.0 Å². The molecule has 0 radical (unpaired) electrons. The van der Waals surface area contributed by atoms with Gasteiger partial charge in [0.15, 0.2) is 5.96 Å². The molecule has 2 aromatic rings. The SMILES string of the molecule is CN=C(NCc1cccc(N(C)C)c1)NCc1cccc(C(F)(F)F)c1. The summed E-state index contributed by atoms with van der Waals surface area (Å²) < 4.78 is 38.3. The molecule has 140 valence electrons. The molecule has 0 unspecified atom stereocenters. The number of anilines is 1. The smallest absolute Gasteiger partial charge is 0.378 e. The highest BCUT2D eigenvalue weighted by molar-refractivity contribution is 5.79. The van der Waals surface area contributed by atoms with Gasteiger partial charge in [-0.25, -0.2) is 0 Å². The minimum absolute atomic E-state index is 0.251. The molecular formula is C19H23F3N4. The molecule has 7 heteroatoms. The Morgan fingerprint density at radius 1 is 0.962 bits per heavy atom. The maximum atomic E-state index is 12.8. The summed E-state index contributed by atoms with van der Waals surface area (Å²) in [5, 5.41) is 6.20. The Bertz CT molecular complexity index is 754. The molecule has 2 aromatic carbocycles. The Balaban J connectivity index is 1.93. The lowest BCUT2D eigenvalue weighted by Crippen LogP contribution is -2.36. The Hall–Kier alpha value is -2.70. The number of benzene rings is 2. The molecule has 0 fully saturated rings. The van der Waals surface area contributed by atoms with Crippen LogP contribution >= 0.6 is 0 Å². The maximum Gasteiger partial charge on any atom is 0.416 e. The summed E-state index contributed by atoms with van der Waals surface area (Å²) in [5.74, 6) is 0.526. The van der Waals surface area contributed by atoms with Crippen LogP contribution < -0.4 is 15.5 Å². The van der Waals surface area contributed by atoms with Crippen LogP contribution in [0.25, 0.3) is 0 Å². The van der Waals surface area contributed by atoms with E-state index in [9.17, 15) is 13.2 Å². The van der Waals surface area contributed by atoms with Gasteiger partial charge in [0.05, 0.1) is 5.56 Å². The van der Waals surface area contributed by atoms with E-state index in [4.69, 9.17) is 0 Å². The molecular weight excluding hydrogens is 341 g/mol. The van der Waals surface area contributed by atoms with Gasteiger partial charge < -0.3 is 15.5 Å². The summed E-state index contributed by atoms with van der Waals surface area (Å²) in [6.45, 7) is 0.811. The van der Waals surface area contributed by atoms with E-state index in [0.29, 0.717) is 18.1 Å². The van der Waals surface area contributed by atoms with Crippen molar-refractivity contribution in [3.63, 3.8) is 0 Å². The van der Waals surface area contributed by atoms with E-state index in [2.05, 4.69) is 21.7 Å². The molecule has 0 bridgehead atoms. The van der Waals surface area contributed by atoms with Gasteiger partial charge in [0.1, 0.15) is 0 Å². The molecule has 0 aliphatic heterocycles.